The van der Waals surface area contributed by atoms with Gasteiger partial charge in [0.25, 0.3) is 0 Å². The van der Waals surface area contributed by atoms with Gasteiger partial charge in [-0.25, -0.2) is 0 Å². The molecule has 2 aromatic rings. The first-order chi connectivity index (χ1) is 9.38. The fourth-order valence-corrected chi connectivity index (χ4v) is 2.87. The van der Waals surface area contributed by atoms with E-state index in [4.69, 9.17) is 4.74 Å². The van der Waals surface area contributed by atoms with Crippen LogP contribution >= 0.6 is 0 Å². The fraction of sp³-hybridized carbons (Fsp3) is 0.400. The Labute approximate surface area is 112 Å². The van der Waals surface area contributed by atoms with Gasteiger partial charge in [-0.2, -0.15) is 5.10 Å². The molecule has 3 aliphatic heterocycles. The Kier molecular flexibility index (Phi) is 2.55. The van der Waals surface area contributed by atoms with Gasteiger partial charge in [-0.05, 0) is 12.0 Å². The van der Waals surface area contributed by atoms with Gasteiger partial charge in [-0.1, -0.05) is 30.3 Å². The zero-order chi connectivity index (χ0) is 12.7. The minimum absolute atomic E-state index is 0.263. The Morgan fingerprint density at radius 1 is 1.21 bits per heavy atom. The number of benzene rings is 1. The molecule has 2 unspecified atom stereocenters. The van der Waals surface area contributed by atoms with Crippen molar-refractivity contribution in [1.82, 2.24) is 9.78 Å². The molecule has 0 amide bonds. The summed E-state index contributed by atoms with van der Waals surface area (Å²) in [7, 11) is 0. The number of rotatable bonds is 3. The Morgan fingerprint density at radius 3 is 2.79 bits per heavy atom. The van der Waals surface area contributed by atoms with Crippen molar-refractivity contribution in [2.75, 3.05) is 11.4 Å². The van der Waals surface area contributed by atoms with Gasteiger partial charge >= 0.3 is 0 Å². The number of hydrogen-bond donors (Lipinski definition) is 0. The molecule has 98 valence electrons. The molecule has 4 heterocycles. The Hall–Kier alpha value is -1.81. The zero-order valence-corrected chi connectivity index (χ0v) is 10.8. The first-order valence-corrected chi connectivity index (χ1v) is 6.88. The van der Waals surface area contributed by atoms with Crippen molar-refractivity contribution in [2.24, 2.45) is 0 Å². The first-order valence-electron chi connectivity index (χ1n) is 6.88. The van der Waals surface area contributed by atoms with E-state index in [2.05, 4.69) is 40.3 Å². The van der Waals surface area contributed by atoms with Crippen LogP contribution in [0.2, 0.25) is 0 Å². The highest BCUT2D eigenvalue weighted by atomic mass is 16.5. The van der Waals surface area contributed by atoms with Gasteiger partial charge in [0.2, 0.25) is 0 Å². The number of aromatic nitrogens is 2. The number of nitrogens with zero attached hydrogens (tertiary/aromatic N) is 3. The SMILES string of the molecule is c1ccc(Cn2ccc(N3CCC4CC3O4)n2)cc1. The van der Waals surface area contributed by atoms with Crippen LogP contribution in [-0.2, 0) is 11.3 Å². The van der Waals surface area contributed by atoms with Crippen molar-refractivity contribution < 1.29 is 4.74 Å². The van der Waals surface area contributed by atoms with Crippen LogP contribution in [0.25, 0.3) is 0 Å². The molecule has 3 saturated heterocycles. The molecule has 2 atom stereocenters. The lowest BCUT2D eigenvalue weighted by Crippen LogP contribution is -2.56. The molecular formula is C15H17N3O. The second kappa shape index (κ2) is 4.38. The van der Waals surface area contributed by atoms with Crippen LogP contribution in [0.1, 0.15) is 18.4 Å². The molecule has 0 radical (unpaired) electrons. The van der Waals surface area contributed by atoms with E-state index in [1.54, 1.807) is 0 Å². The summed E-state index contributed by atoms with van der Waals surface area (Å²) in [6.45, 7) is 1.89. The van der Waals surface area contributed by atoms with Crippen LogP contribution in [0.3, 0.4) is 0 Å². The summed E-state index contributed by atoms with van der Waals surface area (Å²) in [5.41, 5.74) is 1.27. The highest BCUT2D eigenvalue weighted by Crippen LogP contribution is 2.34. The molecule has 1 aromatic carbocycles. The van der Waals surface area contributed by atoms with E-state index >= 15 is 0 Å². The maximum atomic E-state index is 5.75. The van der Waals surface area contributed by atoms with Crippen LogP contribution in [0, 0.1) is 0 Å². The van der Waals surface area contributed by atoms with Crippen LogP contribution in [0.4, 0.5) is 5.82 Å². The van der Waals surface area contributed by atoms with Gasteiger partial charge < -0.3 is 9.64 Å². The molecule has 0 saturated carbocycles. The predicted octanol–water partition coefficient (Wildman–Crippen LogP) is 2.26. The van der Waals surface area contributed by atoms with E-state index in [1.165, 1.54) is 5.56 Å². The maximum Gasteiger partial charge on any atom is 0.152 e. The highest BCUT2D eigenvalue weighted by molar-refractivity contribution is 5.39. The van der Waals surface area contributed by atoms with E-state index < -0.39 is 0 Å². The number of ether oxygens (including phenoxy) is 1. The Morgan fingerprint density at radius 2 is 2.05 bits per heavy atom. The monoisotopic (exact) mass is 255 g/mol. The number of piperidine rings is 1. The van der Waals surface area contributed by atoms with Gasteiger partial charge in [0, 0.05) is 25.2 Å². The van der Waals surface area contributed by atoms with Gasteiger partial charge in [0.1, 0.15) is 6.23 Å². The van der Waals surface area contributed by atoms with E-state index in [9.17, 15) is 0 Å². The maximum absolute atomic E-state index is 5.75. The third kappa shape index (κ3) is 2.02. The number of fused-ring (bicyclic) bond motifs is 2. The molecule has 3 fully saturated rings. The van der Waals surface area contributed by atoms with Crippen LogP contribution < -0.4 is 4.90 Å². The van der Waals surface area contributed by atoms with Gasteiger partial charge in [0.05, 0.1) is 12.6 Å². The number of hydrogen-bond acceptors (Lipinski definition) is 3. The van der Waals surface area contributed by atoms with E-state index in [0.717, 1.165) is 31.7 Å². The Bertz CT molecular complexity index is 557. The van der Waals surface area contributed by atoms with E-state index in [-0.39, 0.29) is 6.23 Å². The summed E-state index contributed by atoms with van der Waals surface area (Å²) < 4.78 is 7.74. The third-order valence-corrected chi connectivity index (χ3v) is 3.96. The summed E-state index contributed by atoms with van der Waals surface area (Å²) in [6.07, 6.45) is 5.10. The topological polar surface area (TPSA) is 30.3 Å². The van der Waals surface area contributed by atoms with Crippen molar-refractivity contribution in [3.05, 3.63) is 48.2 Å². The Balaban J connectivity index is 1.50. The molecule has 0 spiro atoms. The lowest BCUT2D eigenvalue weighted by atomic mass is 10.0. The highest BCUT2D eigenvalue weighted by Gasteiger charge is 2.40. The smallest absolute Gasteiger partial charge is 0.152 e. The second-order valence-electron chi connectivity index (χ2n) is 5.29. The predicted molar refractivity (Wildman–Crippen MR) is 73.0 cm³/mol. The van der Waals surface area contributed by atoms with Crippen molar-refractivity contribution in [3.8, 4) is 0 Å². The van der Waals surface area contributed by atoms with Crippen molar-refractivity contribution >= 4 is 5.82 Å². The van der Waals surface area contributed by atoms with Crippen LogP contribution in [0.5, 0.6) is 0 Å². The quantitative estimate of drug-likeness (QED) is 0.842. The lowest BCUT2D eigenvalue weighted by molar-refractivity contribution is -0.147. The molecule has 5 rings (SSSR count). The van der Waals surface area contributed by atoms with Crippen LogP contribution in [0.15, 0.2) is 42.6 Å². The van der Waals surface area contributed by atoms with Crippen molar-refractivity contribution in [1.29, 1.82) is 0 Å². The van der Waals surface area contributed by atoms with E-state index in [1.807, 2.05) is 16.9 Å². The molecule has 4 nitrogen and oxygen atoms in total. The van der Waals surface area contributed by atoms with E-state index in [0.29, 0.717) is 6.10 Å². The number of anilines is 1. The van der Waals surface area contributed by atoms with Crippen molar-refractivity contribution in [3.63, 3.8) is 0 Å². The largest absolute Gasteiger partial charge is 0.355 e. The minimum atomic E-state index is 0.263. The second-order valence-corrected chi connectivity index (χ2v) is 5.29. The first kappa shape index (κ1) is 11.1. The molecule has 19 heavy (non-hydrogen) atoms. The molecular weight excluding hydrogens is 238 g/mol. The van der Waals surface area contributed by atoms with Crippen LogP contribution in [-0.4, -0.2) is 28.7 Å². The van der Waals surface area contributed by atoms with Crippen molar-refractivity contribution in [2.45, 2.75) is 31.7 Å². The molecule has 3 aliphatic rings. The lowest BCUT2D eigenvalue weighted by Gasteiger charge is -2.48. The fourth-order valence-electron chi connectivity index (χ4n) is 2.87. The minimum Gasteiger partial charge on any atom is -0.355 e. The molecule has 0 N–H and O–H groups in total. The molecule has 4 heteroatoms. The standard InChI is InChI=1S/C15H17N3O/c1-2-4-12(5-3-1)11-17-8-7-14(16-17)18-9-6-13-10-15(18)19-13/h1-5,7-8,13,15H,6,9-11H2. The van der Waals surface area contributed by atoms with Gasteiger partial charge in [-0.3, -0.25) is 4.68 Å². The third-order valence-electron chi connectivity index (χ3n) is 3.96. The average molecular weight is 255 g/mol. The molecule has 2 bridgehead atoms. The van der Waals surface area contributed by atoms with Gasteiger partial charge in [0.15, 0.2) is 5.82 Å². The average Bonchev–Trinajstić information content (AvgIpc) is 2.87. The summed E-state index contributed by atoms with van der Waals surface area (Å²) in [5, 5.41) is 4.67. The summed E-state index contributed by atoms with van der Waals surface area (Å²) in [6, 6.07) is 12.5. The zero-order valence-electron chi connectivity index (χ0n) is 10.8. The molecule has 0 aliphatic carbocycles. The summed E-state index contributed by atoms with van der Waals surface area (Å²) >= 11 is 0. The summed E-state index contributed by atoms with van der Waals surface area (Å²) in [4.78, 5) is 2.28. The van der Waals surface area contributed by atoms with Gasteiger partial charge in [-0.15, -0.1) is 0 Å². The molecule has 1 aromatic heterocycles. The summed E-state index contributed by atoms with van der Waals surface area (Å²) in [5.74, 6) is 1.04. The normalized spacial score (nSPS) is 25.2.